The summed E-state index contributed by atoms with van der Waals surface area (Å²) in [5.74, 6) is -2.13. The second kappa shape index (κ2) is 76.7. The van der Waals surface area contributed by atoms with Crippen LogP contribution in [0.3, 0.4) is 0 Å². The molecule has 0 radical (unpaired) electrons. The van der Waals surface area contributed by atoms with Crippen LogP contribution in [-0.2, 0) is 65.4 Å². The topological polar surface area (TPSA) is 237 Å². The maximum absolute atomic E-state index is 13.1. The van der Waals surface area contributed by atoms with Crippen LogP contribution in [0, 0.1) is 0 Å². The summed E-state index contributed by atoms with van der Waals surface area (Å²) in [6.07, 6.45) is 72.9. The summed E-state index contributed by atoms with van der Waals surface area (Å²) in [4.78, 5) is 73.1. The Balaban J connectivity index is 5.27. The first kappa shape index (κ1) is 99.5. The molecule has 0 aromatic heterocycles. The van der Waals surface area contributed by atoms with Crippen molar-refractivity contribution < 1.29 is 80.2 Å². The van der Waals surface area contributed by atoms with Crippen molar-refractivity contribution in [2.24, 2.45) is 0 Å². The molecule has 0 saturated heterocycles. The number of aliphatic hydroxyl groups excluding tert-OH is 1. The zero-order valence-electron chi connectivity index (χ0n) is 66.1. The van der Waals surface area contributed by atoms with Gasteiger partial charge in [0, 0.05) is 25.7 Å². The molecular formula is C83H158O17P2. The van der Waals surface area contributed by atoms with Gasteiger partial charge in [-0.05, 0) is 51.4 Å². The molecule has 0 aromatic rings. The van der Waals surface area contributed by atoms with Gasteiger partial charge in [-0.25, -0.2) is 9.13 Å². The van der Waals surface area contributed by atoms with Crippen molar-refractivity contribution in [1.29, 1.82) is 0 Å². The Hall–Kier alpha value is -2.46. The van der Waals surface area contributed by atoms with Gasteiger partial charge in [-0.2, -0.15) is 0 Å². The molecule has 3 N–H and O–H groups in total. The summed E-state index contributed by atoms with van der Waals surface area (Å²) in [5, 5.41) is 10.7. The highest BCUT2D eigenvalue weighted by atomic mass is 31.2. The average Bonchev–Trinajstić information content (AvgIpc) is 0.920. The summed E-state index contributed by atoms with van der Waals surface area (Å²) in [7, 11) is -9.93. The molecule has 102 heavy (non-hydrogen) atoms. The maximum atomic E-state index is 13.1. The van der Waals surface area contributed by atoms with Crippen LogP contribution >= 0.6 is 15.6 Å². The Morgan fingerprint density at radius 3 is 0.716 bits per heavy atom. The number of phosphoric acid groups is 2. The van der Waals surface area contributed by atoms with E-state index in [1.54, 1.807) is 0 Å². The number of rotatable bonds is 82. The molecule has 0 heterocycles. The minimum absolute atomic E-state index is 0.0859. The molecule has 17 nitrogen and oxygen atoms in total. The van der Waals surface area contributed by atoms with E-state index in [2.05, 4.69) is 52.0 Å². The fourth-order valence-electron chi connectivity index (χ4n) is 12.5. The van der Waals surface area contributed by atoms with Crippen LogP contribution in [0.1, 0.15) is 426 Å². The molecule has 0 rings (SSSR count). The molecule has 19 heteroatoms. The summed E-state index contributed by atoms with van der Waals surface area (Å²) < 4.78 is 68.7. The molecule has 0 bridgehead atoms. The molecule has 0 saturated carbocycles. The molecule has 0 aromatic carbocycles. The van der Waals surface area contributed by atoms with Gasteiger partial charge in [0.15, 0.2) is 12.2 Å². The van der Waals surface area contributed by atoms with Gasteiger partial charge in [-0.15, -0.1) is 0 Å². The van der Waals surface area contributed by atoms with Crippen LogP contribution in [0.5, 0.6) is 0 Å². The standard InChI is InChI=1S/C83H158O17P2/c1-5-9-13-17-21-25-29-32-35-37-38-40-43-46-50-54-58-62-66-70-83(88)100-79(74-94-81(86)68-64-60-56-52-48-44-42-39-36-33-30-26-22-18-14-10-6-2)76-98-102(91,92)96-72-77(84)71-95-101(89,90)97-75-78(73-93-80(85)67-63-59-55-51-47-28-24-20-16-12-8-4)99-82(87)69-65-61-57-53-49-45-41-34-31-27-23-19-15-11-7-3/h27,31,34,41,77-79,84H,5-26,28-30,32-33,35-40,42-76H2,1-4H3,(H,89,90)(H,91,92)/b31-27-,41-34-/t77-,78+,79+/m0/s1. The molecule has 0 aliphatic carbocycles. The molecule has 0 aliphatic heterocycles. The quantitative estimate of drug-likeness (QED) is 0.0169. The van der Waals surface area contributed by atoms with E-state index in [0.717, 1.165) is 103 Å². The van der Waals surface area contributed by atoms with E-state index in [1.807, 2.05) is 0 Å². The predicted molar refractivity (Wildman–Crippen MR) is 418 cm³/mol. The number of unbranched alkanes of at least 4 members (excludes halogenated alkanes) is 53. The molecule has 0 spiro atoms. The second-order valence-electron chi connectivity index (χ2n) is 29.2. The summed E-state index contributed by atoms with van der Waals surface area (Å²) >= 11 is 0. The van der Waals surface area contributed by atoms with E-state index in [0.29, 0.717) is 25.7 Å². The van der Waals surface area contributed by atoms with Gasteiger partial charge in [0.25, 0.3) is 0 Å². The first-order valence-electron chi connectivity index (χ1n) is 42.6. The third-order valence-corrected chi connectivity index (χ3v) is 20.9. The highest BCUT2D eigenvalue weighted by Gasteiger charge is 2.30. The number of ether oxygens (including phenoxy) is 4. The Labute approximate surface area is 624 Å². The van der Waals surface area contributed by atoms with Crippen molar-refractivity contribution in [1.82, 2.24) is 0 Å². The van der Waals surface area contributed by atoms with Crippen LogP contribution < -0.4 is 0 Å². The van der Waals surface area contributed by atoms with Crippen molar-refractivity contribution in [3.05, 3.63) is 24.3 Å². The maximum Gasteiger partial charge on any atom is 0.472 e. The monoisotopic (exact) mass is 1490 g/mol. The van der Waals surface area contributed by atoms with E-state index < -0.39 is 97.5 Å². The summed E-state index contributed by atoms with van der Waals surface area (Å²) in [6, 6.07) is 0. The van der Waals surface area contributed by atoms with Gasteiger partial charge in [0.1, 0.15) is 19.3 Å². The SMILES string of the molecule is CCCCCC/C=C\C=C/CCCCCCCC(=O)O[C@H](COC(=O)CCCCCCCCCCCCC)COP(=O)(O)OC[C@H](O)COP(=O)(O)OC[C@@H](COC(=O)CCCCCCCCCCCCCCCCCCC)OC(=O)CCCCCCCCCCCCCCCCCCCCC. The Bertz CT molecular complexity index is 2020. The predicted octanol–water partition coefficient (Wildman–Crippen LogP) is 24.9. The second-order valence-corrected chi connectivity index (χ2v) is 32.1. The lowest BCUT2D eigenvalue weighted by Crippen LogP contribution is -2.30. The molecule has 0 amide bonds. The third-order valence-electron chi connectivity index (χ3n) is 19.0. The Morgan fingerprint density at radius 2 is 0.471 bits per heavy atom. The number of hydrogen-bond donors (Lipinski definition) is 3. The zero-order valence-corrected chi connectivity index (χ0v) is 67.9. The number of carbonyl (C=O) groups is 4. The minimum Gasteiger partial charge on any atom is -0.462 e. The number of aliphatic hydroxyl groups is 1. The largest absolute Gasteiger partial charge is 0.472 e. The summed E-state index contributed by atoms with van der Waals surface area (Å²) in [6.45, 7) is 4.97. The van der Waals surface area contributed by atoms with Gasteiger partial charge >= 0.3 is 39.5 Å². The number of esters is 4. The molecule has 5 atom stereocenters. The van der Waals surface area contributed by atoms with E-state index in [1.165, 1.54) is 244 Å². The van der Waals surface area contributed by atoms with Gasteiger partial charge in [0.05, 0.1) is 26.4 Å². The van der Waals surface area contributed by atoms with Crippen LogP contribution in [0.4, 0.5) is 0 Å². The van der Waals surface area contributed by atoms with Gasteiger partial charge in [-0.1, -0.05) is 373 Å². The van der Waals surface area contributed by atoms with Crippen LogP contribution in [0.25, 0.3) is 0 Å². The lowest BCUT2D eigenvalue weighted by atomic mass is 10.0. The highest BCUT2D eigenvalue weighted by molar-refractivity contribution is 7.47. The van der Waals surface area contributed by atoms with Crippen LogP contribution in [-0.4, -0.2) is 96.7 Å². The lowest BCUT2D eigenvalue weighted by molar-refractivity contribution is -0.161. The number of hydrogen-bond acceptors (Lipinski definition) is 15. The third kappa shape index (κ3) is 75.8. The highest BCUT2D eigenvalue weighted by Crippen LogP contribution is 2.45. The molecular weight excluding hydrogens is 1330 g/mol. The van der Waals surface area contributed by atoms with Crippen LogP contribution in [0.2, 0.25) is 0 Å². The van der Waals surface area contributed by atoms with Crippen LogP contribution in [0.15, 0.2) is 24.3 Å². The number of carbonyl (C=O) groups excluding carboxylic acids is 4. The van der Waals surface area contributed by atoms with Gasteiger partial charge < -0.3 is 33.8 Å². The molecule has 2 unspecified atom stereocenters. The van der Waals surface area contributed by atoms with Crippen molar-refractivity contribution in [2.75, 3.05) is 39.6 Å². The van der Waals surface area contributed by atoms with Crippen molar-refractivity contribution in [3.8, 4) is 0 Å². The zero-order chi connectivity index (χ0) is 74.6. The molecule has 0 aliphatic rings. The number of allylic oxidation sites excluding steroid dienone is 4. The Morgan fingerprint density at radius 1 is 0.275 bits per heavy atom. The van der Waals surface area contributed by atoms with E-state index >= 15 is 0 Å². The van der Waals surface area contributed by atoms with E-state index in [-0.39, 0.29) is 25.7 Å². The normalized spacial score (nSPS) is 13.9. The van der Waals surface area contributed by atoms with E-state index in [4.69, 9.17) is 37.0 Å². The van der Waals surface area contributed by atoms with Gasteiger partial charge in [0.2, 0.25) is 0 Å². The minimum atomic E-state index is -4.97. The first-order valence-corrected chi connectivity index (χ1v) is 45.6. The fraction of sp³-hybridized carbons (Fsp3) is 0.904. The van der Waals surface area contributed by atoms with Crippen molar-refractivity contribution >= 4 is 39.5 Å². The molecule has 0 fully saturated rings. The fourth-order valence-corrected chi connectivity index (χ4v) is 14.0. The molecule has 602 valence electrons. The van der Waals surface area contributed by atoms with Gasteiger partial charge in [-0.3, -0.25) is 37.3 Å². The Kier molecular flexibility index (Phi) is 74.9. The van der Waals surface area contributed by atoms with E-state index in [9.17, 15) is 43.2 Å². The first-order chi connectivity index (χ1) is 49.7. The average molecular weight is 1490 g/mol. The summed E-state index contributed by atoms with van der Waals surface area (Å²) in [5.41, 5.74) is 0. The lowest BCUT2D eigenvalue weighted by Gasteiger charge is -2.21. The van der Waals surface area contributed by atoms with Crippen molar-refractivity contribution in [3.63, 3.8) is 0 Å². The van der Waals surface area contributed by atoms with Crippen molar-refractivity contribution in [2.45, 2.75) is 444 Å². The smallest absolute Gasteiger partial charge is 0.462 e. The number of phosphoric ester groups is 2.